The molecular weight excluding hydrogens is 481 g/mol. The number of likely N-dealkylation sites (N-methyl/N-ethyl adjacent to an activating group) is 1. The first-order chi connectivity index (χ1) is 18.4. The fraction of sp³-hybridized carbons (Fsp3) is 0.310. The van der Waals surface area contributed by atoms with Gasteiger partial charge in [0.2, 0.25) is 0 Å². The molecule has 0 amide bonds. The Morgan fingerprint density at radius 2 is 1.66 bits per heavy atom. The molecule has 1 aromatic carbocycles. The van der Waals surface area contributed by atoms with Crippen LogP contribution in [0, 0.1) is 5.82 Å². The summed E-state index contributed by atoms with van der Waals surface area (Å²) in [5.41, 5.74) is 4.45. The average Bonchev–Trinajstić information content (AvgIpc) is 3.38. The highest BCUT2D eigenvalue weighted by molar-refractivity contribution is 5.78. The highest BCUT2D eigenvalue weighted by atomic mass is 19.1. The number of rotatable bonds is 5. The van der Waals surface area contributed by atoms with Gasteiger partial charge in [-0.1, -0.05) is 24.3 Å². The highest BCUT2D eigenvalue weighted by Gasteiger charge is 2.27. The topological polar surface area (TPSA) is 82.7 Å². The molecule has 0 aliphatic carbocycles. The molecule has 38 heavy (non-hydrogen) atoms. The van der Waals surface area contributed by atoms with E-state index in [4.69, 9.17) is 0 Å². The molecule has 3 aromatic heterocycles. The molecule has 2 aliphatic heterocycles. The Bertz CT molecular complexity index is 1520. The molecule has 194 valence electrons. The maximum absolute atomic E-state index is 13.3. The zero-order valence-corrected chi connectivity index (χ0v) is 21.5. The van der Waals surface area contributed by atoms with Crippen LogP contribution in [0.4, 0.5) is 10.2 Å². The van der Waals surface area contributed by atoms with Crippen molar-refractivity contribution in [2.75, 3.05) is 38.1 Å². The van der Waals surface area contributed by atoms with E-state index < -0.39 is 5.60 Å². The molecule has 0 saturated carbocycles. The van der Waals surface area contributed by atoms with Crippen LogP contribution < -0.4 is 4.90 Å². The molecule has 1 unspecified atom stereocenters. The molecular formula is C29H30FN7O. The van der Waals surface area contributed by atoms with Gasteiger partial charge in [0.1, 0.15) is 23.3 Å². The van der Waals surface area contributed by atoms with E-state index in [1.807, 2.05) is 4.52 Å². The monoisotopic (exact) mass is 511 g/mol. The zero-order chi connectivity index (χ0) is 26.3. The summed E-state index contributed by atoms with van der Waals surface area (Å²) in [6.45, 7) is 5.16. The number of benzene rings is 1. The molecule has 0 bridgehead atoms. The molecule has 1 atom stereocenters. The summed E-state index contributed by atoms with van der Waals surface area (Å²) < 4.78 is 15.2. The molecule has 1 N–H and O–H groups in total. The Morgan fingerprint density at radius 1 is 0.921 bits per heavy atom. The fourth-order valence-corrected chi connectivity index (χ4v) is 5.12. The van der Waals surface area contributed by atoms with Gasteiger partial charge in [-0.15, -0.1) is 0 Å². The van der Waals surface area contributed by atoms with Gasteiger partial charge in [-0.25, -0.2) is 23.9 Å². The number of nitrogens with zero attached hydrogens (tertiary/aromatic N) is 7. The SMILES string of the molecule is CN1CC=C(c2cc3c(N4CC=C(c5ncc(C(C)(O)c6ccc(F)cc6)cn5)CC4)ncnn3c2)CC1. The van der Waals surface area contributed by atoms with Gasteiger partial charge in [0.15, 0.2) is 11.6 Å². The van der Waals surface area contributed by atoms with Crippen molar-refractivity contribution < 1.29 is 9.50 Å². The van der Waals surface area contributed by atoms with Crippen LogP contribution in [0.25, 0.3) is 16.7 Å². The quantitative estimate of drug-likeness (QED) is 0.435. The van der Waals surface area contributed by atoms with Gasteiger partial charge in [0, 0.05) is 50.3 Å². The number of halogens is 1. The number of anilines is 1. The van der Waals surface area contributed by atoms with E-state index in [0.717, 1.165) is 49.4 Å². The van der Waals surface area contributed by atoms with Crippen LogP contribution in [-0.2, 0) is 5.60 Å². The van der Waals surface area contributed by atoms with E-state index in [1.54, 1.807) is 37.8 Å². The lowest BCUT2D eigenvalue weighted by Gasteiger charge is -2.27. The average molecular weight is 512 g/mol. The molecule has 0 spiro atoms. The van der Waals surface area contributed by atoms with Crippen LogP contribution in [0.3, 0.4) is 0 Å². The third-order valence-electron chi connectivity index (χ3n) is 7.58. The smallest absolute Gasteiger partial charge is 0.156 e. The van der Waals surface area contributed by atoms with Gasteiger partial charge in [-0.3, -0.25) is 0 Å². The third-order valence-corrected chi connectivity index (χ3v) is 7.58. The van der Waals surface area contributed by atoms with E-state index >= 15 is 0 Å². The number of hydrogen-bond donors (Lipinski definition) is 1. The number of fused-ring (bicyclic) bond motifs is 1. The van der Waals surface area contributed by atoms with Gasteiger partial charge in [-0.05, 0) is 67.3 Å². The second-order valence-electron chi connectivity index (χ2n) is 10.2. The van der Waals surface area contributed by atoms with Crippen molar-refractivity contribution in [2.24, 2.45) is 0 Å². The molecule has 0 radical (unpaired) electrons. The van der Waals surface area contributed by atoms with Crippen molar-refractivity contribution >= 4 is 22.5 Å². The lowest BCUT2D eigenvalue weighted by Crippen LogP contribution is -2.30. The molecule has 5 heterocycles. The van der Waals surface area contributed by atoms with Gasteiger partial charge in [-0.2, -0.15) is 5.10 Å². The summed E-state index contributed by atoms with van der Waals surface area (Å²) in [5, 5.41) is 15.5. The maximum Gasteiger partial charge on any atom is 0.156 e. The van der Waals surface area contributed by atoms with Crippen LogP contribution in [0.1, 0.15) is 42.3 Å². The second kappa shape index (κ2) is 9.74. The molecule has 8 nitrogen and oxygen atoms in total. The van der Waals surface area contributed by atoms with Crippen molar-refractivity contribution in [3.8, 4) is 0 Å². The van der Waals surface area contributed by atoms with Crippen molar-refractivity contribution in [2.45, 2.75) is 25.4 Å². The van der Waals surface area contributed by atoms with Crippen LogP contribution in [0.5, 0.6) is 0 Å². The standard InChI is InChI=1S/C29H30FN7O/c1-29(38,23-3-5-25(30)6-4-23)24-16-31-27(32-17-24)21-9-13-36(14-10-21)28-26-15-22(18-37(26)34-19-33-28)20-7-11-35(2)12-8-20/h3-7,9,15-19,38H,8,10-14H2,1-2H3. The Balaban J connectivity index is 1.20. The van der Waals surface area contributed by atoms with Crippen molar-refractivity contribution in [3.05, 3.63) is 95.7 Å². The van der Waals surface area contributed by atoms with Crippen LogP contribution >= 0.6 is 0 Å². The van der Waals surface area contributed by atoms with Crippen molar-refractivity contribution in [1.29, 1.82) is 0 Å². The largest absolute Gasteiger partial charge is 0.381 e. The third kappa shape index (κ3) is 4.59. The first-order valence-corrected chi connectivity index (χ1v) is 12.8. The van der Waals surface area contributed by atoms with E-state index in [-0.39, 0.29) is 5.82 Å². The first kappa shape index (κ1) is 24.4. The molecule has 0 saturated heterocycles. The van der Waals surface area contributed by atoms with Gasteiger partial charge >= 0.3 is 0 Å². The summed E-state index contributed by atoms with van der Waals surface area (Å²) in [4.78, 5) is 18.3. The fourth-order valence-electron chi connectivity index (χ4n) is 5.12. The van der Waals surface area contributed by atoms with Gasteiger partial charge in [0.05, 0.1) is 0 Å². The highest BCUT2D eigenvalue weighted by Crippen LogP contribution is 2.31. The predicted molar refractivity (Wildman–Crippen MR) is 145 cm³/mol. The molecule has 2 aliphatic rings. The molecule has 4 aromatic rings. The van der Waals surface area contributed by atoms with Crippen LogP contribution in [0.2, 0.25) is 0 Å². The van der Waals surface area contributed by atoms with Crippen LogP contribution in [-0.4, -0.2) is 67.8 Å². The maximum atomic E-state index is 13.3. The van der Waals surface area contributed by atoms with Crippen molar-refractivity contribution in [3.63, 3.8) is 0 Å². The summed E-state index contributed by atoms with van der Waals surface area (Å²) in [6.07, 6.45) is 13.2. The van der Waals surface area contributed by atoms with Gasteiger partial charge < -0.3 is 14.9 Å². The van der Waals surface area contributed by atoms with E-state index in [0.29, 0.717) is 23.5 Å². The minimum absolute atomic E-state index is 0.343. The Kier molecular flexibility index (Phi) is 6.25. The Labute approximate surface area is 220 Å². The lowest BCUT2D eigenvalue weighted by atomic mass is 9.90. The van der Waals surface area contributed by atoms with E-state index in [2.05, 4.69) is 61.3 Å². The first-order valence-electron chi connectivity index (χ1n) is 12.8. The summed E-state index contributed by atoms with van der Waals surface area (Å²) in [7, 11) is 2.14. The summed E-state index contributed by atoms with van der Waals surface area (Å²) in [6, 6.07) is 8.02. The minimum Gasteiger partial charge on any atom is -0.381 e. The number of aromatic nitrogens is 5. The normalized spacial score (nSPS) is 18.3. The van der Waals surface area contributed by atoms with Crippen LogP contribution in [0.15, 0.2) is 67.4 Å². The van der Waals surface area contributed by atoms with Crippen molar-refractivity contribution in [1.82, 2.24) is 29.5 Å². The second-order valence-corrected chi connectivity index (χ2v) is 10.2. The molecule has 0 fully saturated rings. The Morgan fingerprint density at radius 3 is 2.34 bits per heavy atom. The lowest BCUT2D eigenvalue weighted by molar-refractivity contribution is 0.101. The predicted octanol–water partition coefficient (Wildman–Crippen LogP) is 3.93. The number of aliphatic hydroxyl groups is 1. The summed E-state index contributed by atoms with van der Waals surface area (Å²) in [5.74, 6) is 1.22. The molecule has 6 rings (SSSR count). The summed E-state index contributed by atoms with van der Waals surface area (Å²) >= 11 is 0. The number of hydrogen-bond acceptors (Lipinski definition) is 7. The zero-order valence-electron chi connectivity index (χ0n) is 21.5. The minimum atomic E-state index is -1.32. The van der Waals surface area contributed by atoms with E-state index in [1.165, 1.54) is 23.3 Å². The Hall–Kier alpha value is -3.95. The molecule has 9 heteroatoms. The van der Waals surface area contributed by atoms with Gasteiger partial charge in [0.25, 0.3) is 0 Å². The van der Waals surface area contributed by atoms with E-state index in [9.17, 15) is 9.50 Å².